The van der Waals surface area contributed by atoms with Gasteiger partial charge in [-0.2, -0.15) is 5.10 Å². The van der Waals surface area contributed by atoms with Gasteiger partial charge in [0.2, 0.25) is 0 Å². The first kappa shape index (κ1) is 13.8. The lowest BCUT2D eigenvalue weighted by Gasteiger charge is -2.09. The predicted molar refractivity (Wildman–Crippen MR) is 75.6 cm³/mol. The molecule has 17 heavy (non-hydrogen) atoms. The van der Waals surface area contributed by atoms with E-state index in [2.05, 4.69) is 55.7 Å². The van der Waals surface area contributed by atoms with Crippen molar-refractivity contribution in [3.05, 3.63) is 30.0 Å². The molecule has 0 N–H and O–H groups in total. The van der Waals surface area contributed by atoms with Gasteiger partial charge in [0.1, 0.15) is 0 Å². The van der Waals surface area contributed by atoms with Crippen LogP contribution in [-0.4, -0.2) is 9.78 Å². The van der Waals surface area contributed by atoms with E-state index in [9.17, 15) is 0 Å². The van der Waals surface area contributed by atoms with E-state index in [1.807, 2.05) is 20.0 Å². The van der Waals surface area contributed by atoms with Crippen LogP contribution in [0, 0.1) is 0 Å². The second-order valence-corrected chi connectivity index (χ2v) is 4.62. The molecule has 2 aromatic rings. The van der Waals surface area contributed by atoms with E-state index in [0.717, 1.165) is 0 Å². The summed E-state index contributed by atoms with van der Waals surface area (Å²) in [4.78, 5) is 0. The third kappa shape index (κ3) is 2.68. The van der Waals surface area contributed by atoms with Crippen LogP contribution in [-0.2, 0) is 0 Å². The molecular formula is C15H24N2. The van der Waals surface area contributed by atoms with Crippen LogP contribution in [0.25, 0.3) is 10.9 Å². The van der Waals surface area contributed by atoms with Gasteiger partial charge in [-0.1, -0.05) is 39.8 Å². The normalized spacial score (nSPS) is 10.8. The number of aromatic nitrogens is 2. The number of benzene rings is 1. The monoisotopic (exact) mass is 232 g/mol. The standard InChI is InChI=1S/C13H18N2.C2H6/c1-9(2)11-6-5-7-13-12(11)8-14-15(13)10(3)4;1-2/h5-10H,1-4H3;1-2H3. The molecule has 0 aliphatic heterocycles. The summed E-state index contributed by atoms with van der Waals surface area (Å²) in [7, 11) is 0. The van der Waals surface area contributed by atoms with E-state index in [4.69, 9.17) is 0 Å². The molecule has 0 bridgehead atoms. The Balaban J connectivity index is 0.000000686. The molecular weight excluding hydrogens is 208 g/mol. The van der Waals surface area contributed by atoms with Crippen molar-refractivity contribution in [2.24, 2.45) is 0 Å². The highest BCUT2D eigenvalue weighted by atomic mass is 15.3. The Labute approximate surface area is 105 Å². The Hall–Kier alpha value is -1.31. The SMILES string of the molecule is CC.CC(C)c1cccc2c1cnn2C(C)C. The van der Waals surface area contributed by atoms with Crippen LogP contribution in [0.15, 0.2) is 24.4 Å². The Kier molecular flexibility index (Phi) is 4.73. The molecule has 2 heteroatoms. The van der Waals surface area contributed by atoms with Gasteiger partial charge in [-0.25, -0.2) is 0 Å². The second-order valence-electron chi connectivity index (χ2n) is 4.62. The molecule has 2 rings (SSSR count). The maximum absolute atomic E-state index is 4.45. The zero-order valence-electron chi connectivity index (χ0n) is 11.9. The molecule has 0 saturated heterocycles. The van der Waals surface area contributed by atoms with Gasteiger partial charge in [-0.05, 0) is 31.4 Å². The third-order valence-electron chi connectivity index (χ3n) is 2.79. The number of fused-ring (bicyclic) bond motifs is 1. The average Bonchev–Trinajstić information content (AvgIpc) is 2.74. The summed E-state index contributed by atoms with van der Waals surface area (Å²) in [5.74, 6) is 0.554. The maximum atomic E-state index is 4.45. The lowest BCUT2D eigenvalue weighted by Crippen LogP contribution is -2.01. The van der Waals surface area contributed by atoms with Crippen LogP contribution in [0.2, 0.25) is 0 Å². The minimum atomic E-state index is 0.421. The number of rotatable bonds is 2. The maximum Gasteiger partial charge on any atom is 0.0688 e. The predicted octanol–water partition coefficient (Wildman–Crippen LogP) is 4.77. The van der Waals surface area contributed by atoms with Crippen molar-refractivity contribution in [3.63, 3.8) is 0 Å². The van der Waals surface area contributed by atoms with Crippen LogP contribution in [0.3, 0.4) is 0 Å². The summed E-state index contributed by atoms with van der Waals surface area (Å²) in [5, 5.41) is 5.75. The molecule has 0 atom stereocenters. The fourth-order valence-electron chi connectivity index (χ4n) is 2.01. The molecule has 2 nitrogen and oxygen atoms in total. The molecule has 0 saturated carbocycles. The minimum absolute atomic E-state index is 0.421. The van der Waals surface area contributed by atoms with Crippen LogP contribution in [0.1, 0.15) is 59.1 Å². The fourth-order valence-corrected chi connectivity index (χ4v) is 2.01. The number of hydrogen-bond acceptors (Lipinski definition) is 1. The summed E-state index contributed by atoms with van der Waals surface area (Å²) < 4.78 is 2.08. The summed E-state index contributed by atoms with van der Waals surface area (Å²) in [5.41, 5.74) is 2.63. The largest absolute Gasteiger partial charge is 0.262 e. The zero-order chi connectivity index (χ0) is 13.0. The van der Waals surface area contributed by atoms with E-state index >= 15 is 0 Å². The fraction of sp³-hybridized carbons (Fsp3) is 0.533. The zero-order valence-corrected chi connectivity index (χ0v) is 11.9. The summed E-state index contributed by atoms with van der Waals surface area (Å²) in [6, 6.07) is 6.89. The number of hydrogen-bond donors (Lipinski definition) is 0. The molecule has 0 amide bonds. The first-order valence-corrected chi connectivity index (χ1v) is 6.57. The highest BCUT2D eigenvalue weighted by Gasteiger charge is 2.10. The van der Waals surface area contributed by atoms with Gasteiger partial charge < -0.3 is 0 Å². The van der Waals surface area contributed by atoms with E-state index in [-0.39, 0.29) is 0 Å². The molecule has 0 fully saturated rings. The summed E-state index contributed by atoms with van der Waals surface area (Å²) in [6.07, 6.45) is 1.99. The topological polar surface area (TPSA) is 17.8 Å². The van der Waals surface area contributed by atoms with Crippen LogP contribution >= 0.6 is 0 Å². The van der Waals surface area contributed by atoms with Crippen molar-refractivity contribution in [3.8, 4) is 0 Å². The van der Waals surface area contributed by atoms with Crippen molar-refractivity contribution in [2.75, 3.05) is 0 Å². The van der Waals surface area contributed by atoms with Crippen LogP contribution < -0.4 is 0 Å². The molecule has 94 valence electrons. The first-order chi connectivity index (χ1) is 8.11. The van der Waals surface area contributed by atoms with Gasteiger partial charge in [-0.15, -0.1) is 0 Å². The van der Waals surface area contributed by atoms with Gasteiger partial charge in [0.15, 0.2) is 0 Å². The van der Waals surface area contributed by atoms with Crippen molar-refractivity contribution in [1.29, 1.82) is 0 Å². The molecule has 0 spiro atoms. The quantitative estimate of drug-likeness (QED) is 0.729. The van der Waals surface area contributed by atoms with Gasteiger partial charge in [0, 0.05) is 11.4 Å². The third-order valence-corrected chi connectivity index (χ3v) is 2.79. The first-order valence-electron chi connectivity index (χ1n) is 6.57. The van der Waals surface area contributed by atoms with Gasteiger partial charge in [0.25, 0.3) is 0 Å². The Bertz CT molecular complexity index is 467. The van der Waals surface area contributed by atoms with Crippen LogP contribution in [0.5, 0.6) is 0 Å². The molecule has 0 aliphatic carbocycles. The molecule has 1 aromatic carbocycles. The highest BCUT2D eigenvalue weighted by molar-refractivity contribution is 5.82. The number of nitrogens with zero attached hydrogens (tertiary/aromatic N) is 2. The lowest BCUT2D eigenvalue weighted by atomic mass is 10.00. The van der Waals surface area contributed by atoms with Crippen molar-refractivity contribution in [1.82, 2.24) is 9.78 Å². The Morgan fingerprint density at radius 2 is 1.71 bits per heavy atom. The average molecular weight is 232 g/mol. The molecule has 1 aromatic heterocycles. The van der Waals surface area contributed by atoms with Crippen molar-refractivity contribution >= 4 is 10.9 Å². The highest BCUT2D eigenvalue weighted by Crippen LogP contribution is 2.26. The summed E-state index contributed by atoms with van der Waals surface area (Å²) >= 11 is 0. The summed E-state index contributed by atoms with van der Waals surface area (Å²) in [6.45, 7) is 12.8. The Morgan fingerprint density at radius 3 is 2.24 bits per heavy atom. The van der Waals surface area contributed by atoms with E-state index in [1.165, 1.54) is 16.5 Å². The van der Waals surface area contributed by atoms with Gasteiger partial charge in [-0.3, -0.25) is 4.68 Å². The van der Waals surface area contributed by atoms with Crippen molar-refractivity contribution in [2.45, 2.75) is 53.5 Å². The molecule has 1 heterocycles. The van der Waals surface area contributed by atoms with E-state index in [0.29, 0.717) is 12.0 Å². The van der Waals surface area contributed by atoms with E-state index < -0.39 is 0 Å². The van der Waals surface area contributed by atoms with Gasteiger partial charge in [0.05, 0.1) is 11.7 Å². The van der Waals surface area contributed by atoms with Gasteiger partial charge >= 0.3 is 0 Å². The minimum Gasteiger partial charge on any atom is -0.262 e. The van der Waals surface area contributed by atoms with Crippen LogP contribution in [0.4, 0.5) is 0 Å². The molecule has 0 aliphatic rings. The Morgan fingerprint density at radius 1 is 1.06 bits per heavy atom. The van der Waals surface area contributed by atoms with Crippen molar-refractivity contribution < 1.29 is 0 Å². The smallest absolute Gasteiger partial charge is 0.0688 e. The molecule has 0 unspecified atom stereocenters. The molecule has 0 radical (unpaired) electrons. The second kappa shape index (κ2) is 5.85. The lowest BCUT2D eigenvalue weighted by molar-refractivity contribution is 0.551. The van der Waals surface area contributed by atoms with E-state index in [1.54, 1.807) is 0 Å².